The van der Waals surface area contributed by atoms with Crippen LogP contribution in [0.5, 0.6) is 0 Å². The maximum absolute atomic E-state index is 7.62. The van der Waals surface area contributed by atoms with E-state index >= 15 is 0 Å². The Labute approximate surface area is 75.0 Å². The second-order valence-corrected chi connectivity index (χ2v) is 2.28. The molecule has 2 rings (SSSR count). The predicted molar refractivity (Wildman–Crippen MR) is 48.1 cm³/mol. The second-order valence-electron chi connectivity index (χ2n) is 2.28. The Balaban J connectivity index is 0.000000184. The maximum Gasteiger partial charge on any atom is 0.112 e. The van der Waals surface area contributed by atoms with Crippen molar-refractivity contribution in [2.75, 3.05) is 13.2 Å². The van der Waals surface area contributed by atoms with Crippen molar-refractivity contribution >= 4 is 11.0 Å². The molecule has 0 unspecified atom stereocenters. The van der Waals surface area contributed by atoms with Crippen molar-refractivity contribution in [1.29, 1.82) is 0 Å². The van der Waals surface area contributed by atoms with Gasteiger partial charge in [-0.1, -0.05) is 17.3 Å². The van der Waals surface area contributed by atoms with Gasteiger partial charge in [0.05, 0.1) is 18.7 Å². The van der Waals surface area contributed by atoms with Gasteiger partial charge in [-0.15, -0.1) is 5.10 Å². The molecular formula is C8H11N3O2. The van der Waals surface area contributed by atoms with Crippen molar-refractivity contribution in [2.24, 2.45) is 0 Å². The summed E-state index contributed by atoms with van der Waals surface area (Å²) in [4.78, 5) is 0. The summed E-state index contributed by atoms with van der Waals surface area (Å²) in [6.45, 7) is -0.250. The Morgan fingerprint density at radius 2 is 1.85 bits per heavy atom. The van der Waals surface area contributed by atoms with E-state index in [0.29, 0.717) is 0 Å². The summed E-state index contributed by atoms with van der Waals surface area (Å²) >= 11 is 0. The quantitative estimate of drug-likeness (QED) is 0.575. The first-order valence-electron chi connectivity index (χ1n) is 3.86. The molecular weight excluding hydrogens is 170 g/mol. The number of nitrogens with one attached hydrogen (secondary N) is 1. The summed E-state index contributed by atoms with van der Waals surface area (Å²) in [5.41, 5.74) is 1.90. The first kappa shape index (κ1) is 9.63. The van der Waals surface area contributed by atoms with Gasteiger partial charge in [0.15, 0.2) is 0 Å². The fraction of sp³-hybridized carbons (Fsp3) is 0.250. The first-order valence-corrected chi connectivity index (χ1v) is 3.86. The lowest BCUT2D eigenvalue weighted by molar-refractivity contribution is 0.186. The molecule has 70 valence electrons. The molecule has 0 atom stereocenters. The third-order valence-electron chi connectivity index (χ3n) is 1.33. The van der Waals surface area contributed by atoms with Crippen molar-refractivity contribution < 1.29 is 10.2 Å². The number of fused-ring (bicyclic) bond motifs is 1. The van der Waals surface area contributed by atoms with Crippen LogP contribution in [0.1, 0.15) is 0 Å². The van der Waals surface area contributed by atoms with Gasteiger partial charge in [0, 0.05) is 0 Å². The molecule has 0 bridgehead atoms. The van der Waals surface area contributed by atoms with Crippen LogP contribution in [0.3, 0.4) is 0 Å². The van der Waals surface area contributed by atoms with Gasteiger partial charge in [-0.05, 0) is 12.1 Å². The van der Waals surface area contributed by atoms with Gasteiger partial charge in [-0.25, -0.2) is 0 Å². The Morgan fingerprint density at radius 3 is 2.46 bits per heavy atom. The van der Waals surface area contributed by atoms with Crippen LogP contribution in [0, 0.1) is 0 Å². The predicted octanol–water partition coefficient (Wildman–Crippen LogP) is -0.0711. The van der Waals surface area contributed by atoms with Gasteiger partial charge >= 0.3 is 0 Å². The fourth-order valence-corrected chi connectivity index (χ4v) is 0.788. The number of rotatable bonds is 1. The van der Waals surface area contributed by atoms with E-state index in [0.717, 1.165) is 11.0 Å². The third kappa shape index (κ3) is 2.81. The Morgan fingerprint density at radius 1 is 1.15 bits per heavy atom. The normalized spacial score (nSPS) is 9.38. The van der Waals surface area contributed by atoms with Crippen LogP contribution in [0.2, 0.25) is 0 Å². The average molecular weight is 181 g/mol. The molecule has 5 heteroatoms. The molecule has 13 heavy (non-hydrogen) atoms. The molecule has 0 saturated carbocycles. The van der Waals surface area contributed by atoms with Crippen LogP contribution in [0.4, 0.5) is 0 Å². The van der Waals surface area contributed by atoms with Gasteiger partial charge < -0.3 is 10.2 Å². The highest BCUT2D eigenvalue weighted by molar-refractivity contribution is 5.72. The lowest BCUT2D eigenvalue weighted by Gasteiger charge is -1.79. The number of nitrogens with zero attached hydrogens (tertiary/aromatic N) is 2. The molecule has 3 N–H and O–H groups in total. The summed E-state index contributed by atoms with van der Waals surface area (Å²) in [5.74, 6) is 0. The molecule has 0 aliphatic carbocycles. The van der Waals surface area contributed by atoms with Crippen LogP contribution < -0.4 is 0 Å². The van der Waals surface area contributed by atoms with Gasteiger partial charge in [0.25, 0.3) is 0 Å². The zero-order valence-corrected chi connectivity index (χ0v) is 7.01. The van der Waals surface area contributed by atoms with Crippen molar-refractivity contribution in [3.05, 3.63) is 24.3 Å². The minimum absolute atomic E-state index is 0.125. The number of para-hydroxylation sites is 1. The lowest BCUT2D eigenvalue weighted by atomic mass is 10.3. The van der Waals surface area contributed by atoms with E-state index in [1.807, 2.05) is 24.3 Å². The van der Waals surface area contributed by atoms with Gasteiger partial charge in [0.2, 0.25) is 0 Å². The number of aromatic amines is 1. The van der Waals surface area contributed by atoms with Crippen molar-refractivity contribution in [3.8, 4) is 0 Å². The van der Waals surface area contributed by atoms with Crippen LogP contribution in [0.25, 0.3) is 11.0 Å². The summed E-state index contributed by atoms with van der Waals surface area (Å²) in [7, 11) is 0. The molecule has 0 amide bonds. The molecule has 0 spiro atoms. The summed E-state index contributed by atoms with van der Waals surface area (Å²) in [6, 6.07) is 7.74. The third-order valence-corrected chi connectivity index (χ3v) is 1.33. The number of benzene rings is 1. The van der Waals surface area contributed by atoms with Gasteiger partial charge in [-0.2, -0.15) is 0 Å². The summed E-state index contributed by atoms with van der Waals surface area (Å²) in [5, 5.41) is 25.4. The topological polar surface area (TPSA) is 82.0 Å². The zero-order valence-electron chi connectivity index (χ0n) is 7.01. The smallest absolute Gasteiger partial charge is 0.112 e. The Bertz CT molecular complexity index is 315. The SMILES string of the molecule is OCCO.c1ccc2[nH]nnc2c1. The van der Waals surface area contributed by atoms with Crippen molar-refractivity contribution in [1.82, 2.24) is 15.4 Å². The molecule has 5 nitrogen and oxygen atoms in total. The number of hydrogen-bond acceptors (Lipinski definition) is 4. The van der Waals surface area contributed by atoms with Crippen LogP contribution in [-0.4, -0.2) is 38.8 Å². The highest BCUT2D eigenvalue weighted by Gasteiger charge is 1.90. The summed E-state index contributed by atoms with van der Waals surface area (Å²) < 4.78 is 0. The van der Waals surface area contributed by atoms with E-state index in [1.165, 1.54) is 0 Å². The number of aliphatic hydroxyl groups is 2. The van der Waals surface area contributed by atoms with E-state index in [2.05, 4.69) is 15.4 Å². The van der Waals surface area contributed by atoms with E-state index in [1.54, 1.807) is 0 Å². The minimum Gasteiger partial charge on any atom is -0.394 e. The molecule has 2 aromatic rings. The molecule has 0 fully saturated rings. The van der Waals surface area contributed by atoms with E-state index < -0.39 is 0 Å². The molecule has 1 aromatic carbocycles. The number of hydrogen-bond donors (Lipinski definition) is 3. The molecule has 0 aliphatic rings. The first-order chi connectivity index (χ1) is 6.38. The highest BCUT2D eigenvalue weighted by Crippen LogP contribution is 2.03. The monoisotopic (exact) mass is 181 g/mol. The van der Waals surface area contributed by atoms with Crippen molar-refractivity contribution in [3.63, 3.8) is 0 Å². The van der Waals surface area contributed by atoms with Crippen LogP contribution in [-0.2, 0) is 0 Å². The van der Waals surface area contributed by atoms with E-state index in [4.69, 9.17) is 10.2 Å². The maximum atomic E-state index is 7.62. The van der Waals surface area contributed by atoms with Crippen molar-refractivity contribution in [2.45, 2.75) is 0 Å². The van der Waals surface area contributed by atoms with E-state index in [9.17, 15) is 0 Å². The number of aliphatic hydroxyl groups excluding tert-OH is 2. The number of aromatic nitrogens is 3. The molecule has 0 aliphatic heterocycles. The van der Waals surface area contributed by atoms with Crippen LogP contribution in [0.15, 0.2) is 24.3 Å². The molecule has 0 saturated heterocycles. The van der Waals surface area contributed by atoms with Gasteiger partial charge in [-0.3, -0.25) is 5.10 Å². The Hall–Kier alpha value is -1.46. The van der Waals surface area contributed by atoms with Gasteiger partial charge in [0.1, 0.15) is 5.52 Å². The van der Waals surface area contributed by atoms with Crippen LogP contribution >= 0.6 is 0 Å². The second kappa shape index (κ2) is 5.23. The minimum atomic E-state index is -0.125. The number of H-pyrrole nitrogens is 1. The summed E-state index contributed by atoms with van der Waals surface area (Å²) in [6.07, 6.45) is 0. The standard InChI is InChI=1S/C6H5N3.C2H6O2/c1-2-4-6-5(3-1)7-9-8-6;3-1-2-4/h1-4H,(H,7,8,9);3-4H,1-2H2. The average Bonchev–Trinajstić information content (AvgIpc) is 2.66. The zero-order chi connectivity index (χ0) is 9.52. The molecule has 1 heterocycles. The van der Waals surface area contributed by atoms with E-state index in [-0.39, 0.29) is 13.2 Å². The molecule has 0 radical (unpaired) electrons. The highest BCUT2D eigenvalue weighted by atomic mass is 16.3. The fourth-order valence-electron chi connectivity index (χ4n) is 0.788. The Kier molecular flexibility index (Phi) is 3.87. The molecule has 1 aromatic heterocycles. The largest absolute Gasteiger partial charge is 0.394 e. The lowest BCUT2D eigenvalue weighted by Crippen LogP contribution is -1.85.